The average molecular weight is 395 g/mol. The van der Waals surface area contributed by atoms with Crippen LogP contribution in [0.15, 0.2) is 42.5 Å². The minimum Gasteiger partial charge on any atom is -0.375 e. The number of rotatable bonds is 6. The average Bonchev–Trinajstić information content (AvgIpc) is 3.00. The summed E-state index contributed by atoms with van der Waals surface area (Å²) < 4.78 is 32.3. The highest BCUT2D eigenvalue weighted by Gasteiger charge is 2.25. The minimum absolute atomic E-state index is 0.0195. The first-order chi connectivity index (χ1) is 12.4. The Balaban J connectivity index is 1.75. The van der Waals surface area contributed by atoms with E-state index in [4.69, 9.17) is 16.3 Å². The van der Waals surface area contributed by atoms with Crippen molar-refractivity contribution in [2.24, 2.45) is 0 Å². The summed E-state index contributed by atoms with van der Waals surface area (Å²) in [5.74, 6) is -0.319. The summed E-state index contributed by atoms with van der Waals surface area (Å²) in [5.41, 5.74) is 2.73. The van der Waals surface area contributed by atoms with Gasteiger partial charge in [-0.15, -0.1) is 0 Å². The number of methoxy groups -OCH3 is 1. The van der Waals surface area contributed by atoms with E-state index >= 15 is 0 Å². The Kier molecular flexibility index (Phi) is 5.50. The van der Waals surface area contributed by atoms with Gasteiger partial charge in [-0.2, -0.15) is 0 Å². The maximum absolute atomic E-state index is 12.4. The van der Waals surface area contributed by atoms with Gasteiger partial charge in [-0.1, -0.05) is 29.8 Å². The molecule has 0 fully saturated rings. The number of ether oxygens (including phenoxy) is 1. The van der Waals surface area contributed by atoms with Crippen molar-refractivity contribution in [3.8, 4) is 0 Å². The number of nitrogens with one attached hydrogen (secondary N) is 1. The van der Waals surface area contributed by atoms with Gasteiger partial charge < -0.3 is 9.64 Å². The molecular formula is C18H19ClN2O4S. The number of sulfonamides is 1. The van der Waals surface area contributed by atoms with E-state index < -0.39 is 10.0 Å². The van der Waals surface area contributed by atoms with E-state index in [9.17, 15) is 13.2 Å². The van der Waals surface area contributed by atoms with Crippen LogP contribution in [0.2, 0.25) is 5.02 Å². The van der Waals surface area contributed by atoms with E-state index in [1.165, 1.54) is 7.11 Å². The molecule has 2 aromatic rings. The third-order valence-electron chi connectivity index (χ3n) is 4.12. The number of halogens is 1. The largest absolute Gasteiger partial charge is 0.375 e. The van der Waals surface area contributed by atoms with E-state index in [0.29, 0.717) is 29.2 Å². The second-order valence-corrected chi connectivity index (χ2v) is 8.15. The molecule has 8 heteroatoms. The number of anilines is 2. The van der Waals surface area contributed by atoms with Gasteiger partial charge in [0, 0.05) is 30.1 Å². The normalized spacial score (nSPS) is 13.5. The van der Waals surface area contributed by atoms with E-state index in [1.807, 2.05) is 0 Å². The van der Waals surface area contributed by atoms with Crippen LogP contribution in [-0.4, -0.2) is 34.6 Å². The van der Waals surface area contributed by atoms with Gasteiger partial charge in [0.25, 0.3) is 5.91 Å². The van der Waals surface area contributed by atoms with Crippen molar-refractivity contribution in [3.05, 3.63) is 58.6 Å². The minimum atomic E-state index is -3.60. The number of hydrogen-bond acceptors (Lipinski definition) is 4. The van der Waals surface area contributed by atoms with Gasteiger partial charge in [0.1, 0.15) is 6.61 Å². The highest BCUT2D eigenvalue weighted by atomic mass is 35.5. The summed E-state index contributed by atoms with van der Waals surface area (Å²) in [6, 6.07) is 12.0. The molecule has 0 saturated heterocycles. The third-order valence-corrected chi connectivity index (χ3v) is 5.73. The molecule has 2 aromatic carbocycles. The van der Waals surface area contributed by atoms with Crippen molar-refractivity contribution in [3.63, 3.8) is 0 Å². The fourth-order valence-corrected chi connectivity index (χ4v) is 4.46. The molecule has 0 radical (unpaired) electrons. The van der Waals surface area contributed by atoms with Gasteiger partial charge in [-0.25, -0.2) is 8.42 Å². The fourth-order valence-electron chi connectivity index (χ4n) is 2.96. The number of benzene rings is 2. The van der Waals surface area contributed by atoms with Gasteiger partial charge >= 0.3 is 0 Å². The molecule has 0 atom stereocenters. The van der Waals surface area contributed by atoms with E-state index in [-0.39, 0.29) is 18.3 Å². The molecule has 0 saturated carbocycles. The van der Waals surface area contributed by atoms with Crippen molar-refractivity contribution in [1.29, 1.82) is 0 Å². The van der Waals surface area contributed by atoms with Crippen LogP contribution < -0.4 is 9.62 Å². The summed E-state index contributed by atoms with van der Waals surface area (Å²) in [5, 5.41) is 0.416. The molecule has 0 aliphatic carbocycles. The molecule has 1 heterocycles. The smallest absolute Gasteiger partial charge is 0.252 e. The number of nitrogens with zero attached hydrogens (tertiary/aromatic N) is 1. The highest BCUT2D eigenvalue weighted by Crippen LogP contribution is 2.31. The zero-order valence-corrected chi connectivity index (χ0v) is 15.8. The van der Waals surface area contributed by atoms with Gasteiger partial charge in [0.05, 0.1) is 5.75 Å². The van der Waals surface area contributed by atoms with Crippen LogP contribution in [0.5, 0.6) is 0 Å². The van der Waals surface area contributed by atoms with E-state index in [0.717, 1.165) is 11.3 Å². The maximum Gasteiger partial charge on any atom is 0.252 e. The van der Waals surface area contributed by atoms with Crippen LogP contribution >= 0.6 is 11.6 Å². The zero-order valence-electron chi connectivity index (χ0n) is 14.2. The van der Waals surface area contributed by atoms with Crippen LogP contribution in [0.25, 0.3) is 0 Å². The summed E-state index contributed by atoms with van der Waals surface area (Å²) >= 11 is 6.04. The highest BCUT2D eigenvalue weighted by molar-refractivity contribution is 7.91. The summed E-state index contributed by atoms with van der Waals surface area (Å²) in [4.78, 5) is 13.7. The fraction of sp³-hybridized carbons (Fsp3) is 0.278. The number of fused-ring (bicyclic) bond motifs is 1. The summed E-state index contributed by atoms with van der Waals surface area (Å²) in [6.07, 6.45) is 0.671. The van der Waals surface area contributed by atoms with Crippen molar-refractivity contribution in [2.45, 2.75) is 12.2 Å². The molecule has 1 N–H and O–H groups in total. The lowest BCUT2D eigenvalue weighted by Crippen LogP contribution is -2.31. The number of amides is 1. The quantitative estimate of drug-likeness (QED) is 0.817. The van der Waals surface area contributed by atoms with Crippen LogP contribution in [0.4, 0.5) is 11.4 Å². The van der Waals surface area contributed by atoms with Crippen molar-refractivity contribution in [2.75, 3.05) is 29.9 Å². The molecule has 1 aliphatic heterocycles. The molecule has 0 aromatic heterocycles. The third kappa shape index (κ3) is 4.17. The summed E-state index contributed by atoms with van der Waals surface area (Å²) in [7, 11) is -2.12. The summed E-state index contributed by atoms with van der Waals surface area (Å²) in [6.45, 7) is 0.582. The van der Waals surface area contributed by atoms with Gasteiger partial charge in [0.2, 0.25) is 10.0 Å². The zero-order chi connectivity index (χ0) is 18.7. The van der Waals surface area contributed by atoms with Crippen molar-refractivity contribution in [1.82, 2.24) is 0 Å². The molecule has 0 unspecified atom stereocenters. The number of carbonyl (C=O) groups excluding carboxylic acids is 1. The molecule has 1 amide bonds. The number of hydrogen-bond donors (Lipinski definition) is 1. The second kappa shape index (κ2) is 7.65. The predicted octanol–water partition coefficient (Wildman–Crippen LogP) is 2.82. The van der Waals surface area contributed by atoms with Gasteiger partial charge in [-0.05, 0) is 41.8 Å². The van der Waals surface area contributed by atoms with Crippen LogP contribution in [0.3, 0.4) is 0 Å². The molecule has 138 valence electrons. The molecule has 3 rings (SSSR count). The SMILES string of the molecule is COCC(=O)N1CCc2cc(NS(=O)(=O)Cc3ccccc3Cl)ccc21. The Morgan fingerprint density at radius 1 is 1.27 bits per heavy atom. The number of carbonyl (C=O) groups is 1. The molecular weight excluding hydrogens is 376 g/mol. The standard InChI is InChI=1S/C18H19ClN2O4S/c1-25-11-18(22)21-9-8-13-10-15(6-7-17(13)21)20-26(23,24)12-14-4-2-3-5-16(14)19/h2-7,10,20H,8-9,11-12H2,1H3. The van der Waals surface area contributed by atoms with Crippen molar-refractivity contribution >= 4 is 38.9 Å². The lowest BCUT2D eigenvalue weighted by molar-refractivity contribution is -0.122. The van der Waals surface area contributed by atoms with Crippen LogP contribution in [0, 0.1) is 0 Å². The lowest BCUT2D eigenvalue weighted by atomic mass is 10.1. The van der Waals surface area contributed by atoms with Crippen LogP contribution in [0.1, 0.15) is 11.1 Å². The Hall–Kier alpha value is -2.09. The molecule has 6 nitrogen and oxygen atoms in total. The maximum atomic E-state index is 12.4. The van der Waals surface area contributed by atoms with E-state index in [2.05, 4.69) is 4.72 Å². The van der Waals surface area contributed by atoms with Gasteiger partial charge in [-0.3, -0.25) is 9.52 Å². The van der Waals surface area contributed by atoms with Crippen molar-refractivity contribution < 1.29 is 17.9 Å². The lowest BCUT2D eigenvalue weighted by Gasteiger charge is -2.17. The Labute approximate surface area is 157 Å². The predicted molar refractivity (Wildman–Crippen MR) is 102 cm³/mol. The van der Waals surface area contributed by atoms with Crippen LogP contribution in [-0.2, 0) is 31.7 Å². The molecule has 0 spiro atoms. The molecule has 1 aliphatic rings. The Bertz CT molecular complexity index is 931. The Morgan fingerprint density at radius 2 is 2.04 bits per heavy atom. The molecule has 26 heavy (non-hydrogen) atoms. The first kappa shape index (κ1) is 18.7. The monoisotopic (exact) mass is 394 g/mol. The molecule has 0 bridgehead atoms. The Morgan fingerprint density at radius 3 is 2.77 bits per heavy atom. The second-order valence-electron chi connectivity index (χ2n) is 6.02. The first-order valence-corrected chi connectivity index (χ1v) is 10.1. The first-order valence-electron chi connectivity index (χ1n) is 8.06. The van der Waals surface area contributed by atoms with Gasteiger partial charge in [0.15, 0.2) is 0 Å². The topological polar surface area (TPSA) is 75.7 Å². The van der Waals surface area contributed by atoms with E-state index in [1.54, 1.807) is 47.4 Å².